The van der Waals surface area contributed by atoms with Crippen molar-refractivity contribution in [3.63, 3.8) is 0 Å². The number of nitrogens with two attached hydrogens (primary N) is 1. The van der Waals surface area contributed by atoms with E-state index in [-0.39, 0.29) is 4.90 Å². The van der Waals surface area contributed by atoms with Crippen molar-refractivity contribution in [1.29, 1.82) is 0 Å². The highest BCUT2D eigenvalue weighted by atomic mass is 32.2. The van der Waals surface area contributed by atoms with Crippen LogP contribution in [0.25, 0.3) is 16.7 Å². The maximum Gasteiger partial charge on any atom is 0.260 e. The maximum absolute atomic E-state index is 12.6. The molecule has 0 spiro atoms. The summed E-state index contributed by atoms with van der Waals surface area (Å²) in [4.78, 5) is 24.9. The fourth-order valence-corrected chi connectivity index (χ4v) is 4.03. The average molecular weight is 464 g/mol. The summed E-state index contributed by atoms with van der Waals surface area (Å²) in [7, 11) is -2.17. The van der Waals surface area contributed by atoms with E-state index in [1.807, 2.05) is 30.3 Å². The van der Waals surface area contributed by atoms with Gasteiger partial charge >= 0.3 is 0 Å². The van der Waals surface area contributed by atoms with Crippen LogP contribution < -0.4 is 20.5 Å². The number of rotatable bonds is 6. The van der Waals surface area contributed by atoms with Gasteiger partial charge in [-0.25, -0.2) is 13.6 Å². The first-order chi connectivity index (χ1) is 15.8. The molecule has 0 unspecified atom stereocenters. The molecule has 0 fully saturated rings. The minimum absolute atomic E-state index is 0.0220. The van der Waals surface area contributed by atoms with Crippen molar-refractivity contribution in [1.82, 2.24) is 10.6 Å². The number of hydrogen-bond acceptors (Lipinski definition) is 6. The van der Waals surface area contributed by atoms with Gasteiger partial charge in [0, 0.05) is 23.9 Å². The van der Waals surface area contributed by atoms with E-state index >= 15 is 0 Å². The second-order valence-corrected chi connectivity index (χ2v) is 8.96. The molecule has 168 valence electrons. The lowest BCUT2D eigenvalue weighted by Gasteiger charge is -2.19. The molecule has 0 aromatic heterocycles. The lowest BCUT2D eigenvalue weighted by atomic mass is 9.91. The van der Waals surface area contributed by atoms with Crippen molar-refractivity contribution in [2.24, 2.45) is 5.14 Å². The molecule has 0 saturated carbocycles. The van der Waals surface area contributed by atoms with Crippen molar-refractivity contribution in [3.05, 3.63) is 89.6 Å². The van der Waals surface area contributed by atoms with Crippen molar-refractivity contribution in [3.8, 4) is 16.9 Å². The number of fused-ring (bicyclic) bond motifs is 1. The monoisotopic (exact) mass is 463 g/mol. The Balaban J connectivity index is 1.62. The topological polar surface area (TPSA) is 128 Å². The van der Waals surface area contributed by atoms with Crippen molar-refractivity contribution in [2.45, 2.75) is 11.4 Å². The lowest BCUT2D eigenvalue weighted by Crippen LogP contribution is -2.37. The third kappa shape index (κ3) is 4.79. The predicted octanol–water partition coefficient (Wildman–Crippen LogP) is 2.41. The molecule has 33 heavy (non-hydrogen) atoms. The van der Waals surface area contributed by atoms with Crippen LogP contribution in [-0.4, -0.2) is 27.3 Å². The number of methoxy groups -OCH3 is 1. The van der Waals surface area contributed by atoms with Crippen molar-refractivity contribution in [2.75, 3.05) is 7.11 Å². The Morgan fingerprint density at radius 1 is 0.939 bits per heavy atom. The zero-order valence-electron chi connectivity index (χ0n) is 17.7. The van der Waals surface area contributed by atoms with Crippen LogP contribution in [0.4, 0.5) is 0 Å². The number of carbonyl (C=O) groups is 2. The molecule has 0 saturated heterocycles. The third-order valence-corrected chi connectivity index (χ3v) is 6.16. The fourth-order valence-electron chi connectivity index (χ4n) is 3.52. The van der Waals surface area contributed by atoms with Crippen LogP contribution in [0.2, 0.25) is 0 Å². The van der Waals surface area contributed by atoms with Crippen LogP contribution in [0.3, 0.4) is 0 Å². The van der Waals surface area contributed by atoms with Crippen molar-refractivity contribution >= 4 is 27.4 Å². The molecule has 0 bridgehead atoms. The van der Waals surface area contributed by atoms with E-state index in [2.05, 4.69) is 10.6 Å². The summed E-state index contributed by atoms with van der Waals surface area (Å²) < 4.78 is 28.1. The Hall–Kier alpha value is -3.95. The standard InChI is InChI=1S/C24H21N3O5S/c1-32-18-4-2-3-16(11-18)17-7-10-20-21(12-17)22(24(29)27-23(20)28)14-26-13-15-5-8-19(9-6-15)33(25,30)31/h2-12,14,26H,13H2,1H3,(H2,25,30,31)(H,27,28,29). The second-order valence-electron chi connectivity index (χ2n) is 7.40. The quantitative estimate of drug-likeness (QED) is 0.381. The number of amides is 2. The average Bonchev–Trinajstić information content (AvgIpc) is 2.80. The molecule has 1 aliphatic heterocycles. The van der Waals surface area contributed by atoms with E-state index in [0.29, 0.717) is 29.0 Å². The van der Waals surface area contributed by atoms with Crippen LogP contribution in [0.1, 0.15) is 21.5 Å². The van der Waals surface area contributed by atoms with Gasteiger partial charge in [-0.05, 0) is 53.1 Å². The van der Waals surface area contributed by atoms with Gasteiger partial charge in [0.2, 0.25) is 10.0 Å². The van der Waals surface area contributed by atoms with E-state index < -0.39 is 21.8 Å². The van der Waals surface area contributed by atoms with Gasteiger partial charge in [-0.15, -0.1) is 0 Å². The summed E-state index contributed by atoms with van der Waals surface area (Å²) >= 11 is 0. The van der Waals surface area contributed by atoms with E-state index in [9.17, 15) is 18.0 Å². The first-order valence-corrected chi connectivity index (χ1v) is 11.5. The molecule has 0 atom stereocenters. The Kier molecular flexibility index (Phi) is 5.99. The molecule has 1 aliphatic rings. The summed E-state index contributed by atoms with van der Waals surface area (Å²) in [5.41, 5.74) is 3.73. The molecule has 3 aromatic carbocycles. The normalized spacial score (nSPS) is 14.5. The molecule has 9 heteroatoms. The smallest absolute Gasteiger partial charge is 0.260 e. The molecule has 1 heterocycles. The SMILES string of the molecule is COc1cccc(-c2ccc3c(c2)C(=CNCc2ccc(S(N)(=O)=O)cc2)C(=O)NC3=O)c1. The number of carbonyl (C=O) groups excluding carboxylic acids is 2. The van der Waals surface area contributed by atoms with Gasteiger partial charge in [0.15, 0.2) is 0 Å². The Morgan fingerprint density at radius 2 is 1.67 bits per heavy atom. The van der Waals surface area contributed by atoms with Crippen LogP contribution in [0.5, 0.6) is 5.75 Å². The molecule has 4 N–H and O–H groups in total. The minimum Gasteiger partial charge on any atom is -0.497 e. The highest BCUT2D eigenvalue weighted by Crippen LogP contribution is 2.30. The minimum atomic E-state index is -3.76. The van der Waals surface area contributed by atoms with Gasteiger partial charge in [0.25, 0.3) is 11.8 Å². The summed E-state index contributed by atoms with van der Waals surface area (Å²) in [6, 6.07) is 18.9. The molecule has 0 radical (unpaired) electrons. The van der Waals surface area contributed by atoms with Crippen LogP contribution >= 0.6 is 0 Å². The van der Waals surface area contributed by atoms with Crippen LogP contribution in [-0.2, 0) is 21.4 Å². The molecule has 8 nitrogen and oxygen atoms in total. The van der Waals surface area contributed by atoms with Gasteiger partial charge < -0.3 is 10.1 Å². The van der Waals surface area contributed by atoms with Crippen molar-refractivity contribution < 1.29 is 22.7 Å². The molecular formula is C24H21N3O5S. The Bertz CT molecular complexity index is 1380. The highest BCUT2D eigenvalue weighted by Gasteiger charge is 2.27. The summed E-state index contributed by atoms with van der Waals surface area (Å²) in [6.07, 6.45) is 1.55. The van der Waals surface area contributed by atoms with Gasteiger partial charge in [0.1, 0.15) is 5.75 Å². The number of hydrogen-bond donors (Lipinski definition) is 3. The first kappa shape index (κ1) is 22.3. The zero-order chi connectivity index (χ0) is 23.6. The van der Waals surface area contributed by atoms with E-state index in [1.165, 1.54) is 12.1 Å². The van der Waals surface area contributed by atoms with Crippen LogP contribution in [0.15, 0.2) is 77.8 Å². The number of primary sulfonamides is 1. The largest absolute Gasteiger partial charge is 0.497 e. The second kappa shape index (κ2) is 8.89. The summed E-state index contributed by atoms with van der Waals surface area (Å²) in [5.74, 6) is -0.264. The highest BCUT2D eigenvalue weighted by molar-refractivity contribution is 7.89. The number of imide groups is 1. The number of nitrogens with one attached hydrogen (secondary N) is 2. The fraction of sp³-hybridized carbons (Fsp3) is 0.0833. The van der Waals surface area contributed by atoms with E-state index in [4.69, 9.17) is 9.88 Å². The third-order valence-electron chi connectivity index (χ3n) is 5.23. The Labute approximate surface area is 191 Å². The first-order valence-electron chi connectivity index (χ1n) is 9.96. The molecule has 4 rings (SSSR count). The van der Waals surface area contributed by atoms with Crippen LogP contribution in [0, 0.1) is 0 Å². The Morgan fingerprint density at radius 3 is 2.36 bits per heavy atom. The van der Waals surface area contributed by atoms with Gasteiger partial charge in [-0.3, -0.25) is 14.9 Å². The summed E-state index contributed by atoms with van der Waals surface area (Å²) in [6.45, 7) is 0.334. The number of ether oxygens (including phenoxy) is 1. The molecule has 3 aromatic rings. The van der Waals surface area contributed by atoms with E-state index in [0.717, 1.165) is 16.7 Å². The molecular weight excluding hydrogens is 442 g/mol. The zero-order valence-corrected chi connectivity index (χ0v) is 18.5. The predicted molar refractivity (Wildman–Crippen MR) is 124 cm³/mol. The van der Waals surface area contributed by atoms with Gasteiger partial charge in [-0.2, -0.15) is 0 Å². The van der Waals surface area contributed by atoms with E-state index in [1.54, 1.807) is 37.6 Å². The summed E-state index contributed by atoms with van der Waals surface area (Å²) in [5, 5.41) is 10.5. The van der Waals surface area contributed by atoms with Gasteiger partial charge in [-0.1, -0.05) is 30.3 Å². The number of sulfonamides is 1. The van der Waals surface area contributed by atoms with Gasteiger partial charge in [0.05, 0.1) is 17.6 Å². The lowest BCUT2D eigenvalue weighted by molar-refractivity contribution is -0.114. The maximum atomic E-state index is 12.6. The molecule has 0 aliphatic carbocycles. The number of benzene rings is 3. The molecule has 2 amide bonds.